The Kier molecular flexibility index (Phi) is 9.02. The van der Waals surface area contributed by atoms with Crippen LogP contribution in [0.1, 0.15) is 0 Å². The molecule has 0 aromatic carbocycles. The summed E-state index contributed by atoms with van der Waals surface area (Å²) >= 11 is 0. The van der Waals surface area contributed by atoms with Crippen LogP contribution in [0.15, 0.2) is 50.6 Å². The van der Waals surface area contributed by atoms with E-state index in [9.17, 15) is 44.7 Å². The van der Waals surface area contributed by atoms with Crippen molar-refractivity contribution < 1.29 is 44.7 Å². The minimum atomic E-state index is -6.94. The van der Waals surface area contributed by atoms with Gasteiger partial charge in [0.1, 0.15) is 0 Å². The largest absolute Gasteiger partial charge is 0.393 e. The predicted molar refractivity (Wildman–Crippen MR) is 93.7 cm³/mol. The first-order valence-electron chi connectivity index (χ1n) is 8.15. The highest BCUT2D eigenvalue weighted by Gasteiger charge is 2.85. The lowest BCUT2D eigenvalue weighted by atomic mass is 9.96. The molecule has 170 valence electrons. The zero-order valence-corrected chi connectivity index (χ0v) is 15.7. The molecule has 4 nitrogen and oxygen atoms in total. The highest BCUT2D eigenvalue weighted by molar-refractivity contribution is 5.88. The first kappa shape index (κ1) is 27.3. The van der Waals surface area contributed by atoms with E-state index in [1.165, 1.54) is 0 Å². The second-order valence-electron chi connectivity index (χ2n) is 5.87. The topological polar surface area (TPSA) is 40.6 Å². The van der Waals surface area contributed by atoms with E-state index in [4.69, 9.17) is 0 Å². The molecule has 12 heteroatoms. The van der Waals surface area contributed by atoms with E-state index in [-0.39, 0.29) is 9.80 Å². The normalized spacial score (nSPS) is 12.7. The van der Waals surface area contributed by atoms with Gasteiger partial charge >= 0.3 is 23.7 Å². The number of amides is 2. The van der Waals surface area contributed by atoms with E-state index in [0.29, 0.717) is 0 Å². The van der Waals surface area contributed by atoms with Crippen LogP contribution >= 0.6 is 0 Å². The van der Waals surface area contributed by atoms with Crippen molar-refractivity contribution in [1.82, 2.24) is 9.80 Å². The van der Waals surface area contributed by atoms with E-state index in [1.807, 2.05) is 0 Å². The fourth-order valence-corrected chi connectivity index (χ4v) is 2.16. The molecule has 2 amide bonds. The van der Waals surface area contributed by atoms with E-state index in [1.54, 1.807) is 0 Å². The molecule has 0 rings (SSSR count). The Morgan fingerprint density at radius 2 is 0.767 bits per heavy atom. The molecule has 0 aliphatic rings. The lowest BCUT2D eigenvalue weighted by Gasteiger charge is -2.38. The molecule has 0 aliphatic carbocycles. The van der Waals surface area contributed by atoms with Crippen LogP contribution in [0.2, 0.25) is 0 Å². The molecular formula is C18H20F8N2O2. The van der Waals surface area contributed by atoms with Crippen molar-refractivity contribution in [1.29, 1.82) is 0 Å². The van der Waals surface area contributed by atoms with E-state index < -0.39 is 61.7 Å². The van der Waals surface area contributed by atoms with Crippen LogP contribution in [0.5, 0.6) is 0 Å². The Labute approximate surface area is 167 Å². The molecule has 0 aromatic rings. The summed E-state index contributed by atoms with van der Waals surface area (Å²) in [5.41, 5.74) is 0. The summed E-state index contributed by atoms with van der Waals surface area (Å²) in [5.74, 6) is -32.2. The summed E-state index contributed by atoms with van der Waals surface area (Å²) in [6.45, 7) is 9.17. The van der Waals surface area contributed by atoms with Crippen LogP contribution in [0.3, 0.4) is 0 Å². The Bertz CT molecular complexity index is 614. The summed E-state index contributed by atoms with van der Waals surface area (Å²) in [6.07, 6.45) is 3.26. The zero-order chi connectivity index (χ0) is 24.0. The van der Waals surface area contributed by atoms with Crippen molar-refractivity contribution in [3.8, 4) is 0 Å². The number of carbonyl (C=O) groups excluding carboxylic acids is 2. The van der Waals surface area contributed by atoms with Crippen LogP contribution < -0.4 is 0 Å². The van der Waals surface area contributed by atoms with Gasteiger partial charge in [-0.05, 0) is 0 Å². The SMILES string of the molecule is C=CCN(CC=C)C(=O)C(F)(F)C(F)(F)C(F)(F)C(F)(F)C(=O)N(CC=C)CC=C. The van der Waals surface area contributed by atoms with Crippen LogP contribution in [0.25, 0.3) is 0 Å². The van der Waals surface area contributed by atoms with Crippen molar-refractivity contribution in [2.45, 2.75) is 23.7 Å². The van der Waals surface area contributed by atoms with E-state index in [2.05, 4.69) is 26.3 Å². The standard InChI is InChI=1S/C18H20F8N2O2/c1-5-9-27(10-6-2)13(29)15(19,20)17(23,24)18(25,26)16(21,22)14(30)28(11-7-3)12-8-4/h5-8H,1-4,9-12H2. The van der Waals surface area contributed by atoms with E-state index >= 15 is 0 Å². The number of alkyl halides is 8. The third-order valence-corrected chi connectivity index (χ3v) is 3.69. The second kappa shape index (κ2) is 9.90. The minimum Gasteiger partial charge on any atom is -0.330 e. The van der Waals surface area contributed by atoms with Gasteiger partial charge in [-0.15, -0.1) is 26.3 Å². The number of rotatable bonds is 13. The molecular weight excluding hydrogens is 428 g/mol. The van der Waals surface area contributed by atoms with Gasteiger partial charge in [0.05, 0.1) is 0 Å². The van der Waals surface area contributed by atoms with Gasteiger partial charge < -0.3 is 9.80 Å². The average molecular weight is 448 g/mol. The van der Waals surface area contributed by atoms with Gasteiger partial charge in [-0.3, -0.25) is 9.59 Å². The Morgan fingerprint density at radius 1 is 0.567 bits per heavy atom. The third kappa shape index (κ3) is 4.73. The van der Waals surface area contributed by atoms with Crippen LogP contribution in [-0.2, 0) is 9.59 Å². The highest BCUT2D eigenvalue weighted by Crippen LogP contribution is 2.53. The number of halogens is 8. The minimum absolute atomic E-state index is 0.0499. The van der Waals surface area contributed by atoms with Crippen molar-refractivity contribution in [3.63, 3.8) is 0 Å². The summed E-state index contributed by atoms with van der Waals surface area (Å²) in [4.78, 5) is 23.4. The maximum Gasteiger partial charge on any atom is 0.393 e. The van der Waals surface area contributed by atoms with Gasteiger partial charge in [-0.2, -0.15) is 35.1 Å². The van der Waals surface area contributed by atoms with Crippen LogP contribution in [0, 0.1) is 0 Å². The smallest absolute Gasteiger partial charge is 0.330 e. The van der Waals surface area contributed by atoms with Gasteiger partial charge in [-0.25, -0.2) is 0 Å². The van der Waals surface area contributed by atoms with Gasteiger partial charge in [0, 0.05) is 26.2 Å². The molecule has 0 atom stereocenters. The zero-order valence-electron chi connectivity index (χ0n) is 15.7. The lowest BCUT2D eigenvalue weighted by molar-refractivity contribution is -0.350. The molecule has 0 saturated carbocycles. The van der Waals surface area contributed by atoms with Crippen molar-refractivity contribution in [2.24, 2.45) is 0 Å². The molecule has 0 aliphatic heterocycles. The van der Waals surface area contributed by atoms with E-state index in [0.717, 1.165) is 24.3 Å². The number of hydrogen-bond donors (Lipinski definition) is 0. The molecule has 0 bridgehead atoms. The molecule has 0 saturated heterocycles. The molecule has 0 spiro atoms. The van der Waals surface area contributed by atoms with Crippen molar-refractivity contribution >= 4 is 11.8 Å². The molecule has 0 fully saturated rings. The fraction of sp³-hybridized carbons (Fsp3) is 0.444. The molecule has 0 radical (unpaired) electrons. The first-order chi connectivity index (χ1) is 13.6. The van der Waals surface area contributed by atoms with Gasteiger partial charge in [-0.1, -0.05) is 24.3 Å². The monoisotopic (exact) mass is 448 g/mol. The van der Waals surface area contributed by atoms with Crippen molar-refractivity contribution in [3.05, 3.63) is 50.6 Å². The molecule has 0 N–H and O–H groups in total. The second-order valence-corrected chi connectivity index (χ2v) is 5.87. The molecule has 0 heterocycles. The number of hydrogen-bond acceptors (Lipinski definition) is 2. The van der Waals surface area contributed by atoms with Gasteiger partial charge in [0.15, 0.2) is 0 Å². The van der Waals surface area contributed by atoms with Gasteiger partial charge in [0.25, 0.3) is 11.8 Å². The summed E-state index contributed by atoms with van der Waals surface area (Å²) in [5, 5.41) is 0. The molecule has 0 unspecified atom stereocenters. The Morgan fingerprint density at radius 3 is 0.933 bits per heavy atom. The third-order valence-electron chi connectivity index (χ3n) is 3.69. The highest BCUT2D eigenvalue weighted by atomic mass is 19.4. The lowest BCUT2D eigenvalue weighted by Crippen LogP contribution is -2.69. The predicted octanol–water partition coefficient (Wildman–Crippen LogP) is 3.93. The Hall–Kier alpha value is -2.66. The molecule has 30 heavy (non-hydrogen) atoms. The molecule has 0 aromatic heterocycles. The number of nitrogens with zero attached hydrogens (tertiary/aromatic N) is 2. The summed E-state index contributed by atoms with van der Waals surface area (Å²) < 4.78 is 113. The quantitative estimate of drug-likeness (QED) is 0.317. The summed E-state index contributed by atoms with van der Waals surface area (Å²) in [6, 6.07) is 0. The van der Waals surface area contributed by atoms with Gasteiger partial charge in [0.2, 0.25) is 0 Å². The summed E-state index contributed by atoms with van der Waals surface area (Å²) in [7, 11) is 0. The first-order valence-corrected chi connectivity index (χ1v) is 8.15. The Balaban J connectivity index is 6.28. The maximum atomic E-state index is 14.1. The van der Waals surface area contributed by atoms with Crippen LogP contribution in [0.4, 0.5) is 35.1 Å². The maximum absolute atomic E-state index is 14.1. The number of carbonyl (C=O) groups is 2. The van der Waals surface area contributed by atoms with Crippen molar-refractivity contribution in [2.75, 3.05) is 26.2 Å². The fourth-order valence-electron chi connectivity index (χ4n) is 2.16. The van der Waals surface area contributed by atoms with Crippen LogP contribution in [-0.4, -0.2) is 71.5 Å². The average Bonchev–Trinajstić information content (AvgIpc) is 2.65.